The molecule has 0 heterocycles. The maximum Gasteiger partial charge on any atom is 0.472 e. The fourth-order valence-electron chi connectivity index (χ4n) is 4.87. The molecular weight excluding hydrogens is 659 g/mol. The summed E-state index contributed by atoms with van der Waals surface area (Å²) in [6, 6.07) is 0. The van der Waals surface area contributed by atoms with Crippen molar-refractivity contribution < 1.29 is 47.8 Å². The Hall–Kier alpha value is -2.07. The van der Waals surface area contributed by atoms with E-state index >= 15 is 0 Å². The Balaban J connectivity index is 3.91. The summed E-state index contributed by atoms with van der Waals surface area (Å²) in [4.78, 5) is 34.2. The van der Waals surface area contributed by atoms with E-state index in [0.717, 1.165) is 83.5 Å². The molecule has 10 nitrogen and oxygen atoms in total. The first-order chi connectivity index (χ1) is 24.3. The molecule has 0 aliphatic rings. The van der Waals surface area contributed by atoms with Gasteiger partial charge in [0.25, 0.3) is 0 Å². The van der Waals surface area contributed by atoms with E-state index < -0.39 is 58.4 Å². The van der Waals surface area contributed by atoms with E-state index in [1.54, 1.807) is 0 Å². The highest BCUT2D eigenvalue weighted by molar-refractivity contribution is 7.47. The molecule has 0 aromatic heterocycles. The van der Waals surface area contributed by atoms with Crippen LogP contribution in [0, 0.1) is 0 Å². The van der Waals surface area contributed by atoms with Crippen molar-refractivity contribution in [3.63, 3.8) is 0 Å². The summed E-state index contributed by atoms with van der Waals surface area (Å²) in [5.74, 6) is -1.04. The van der Waals surface area contributed by atoms with E-state index in [1.807, 2.05) is 0 Å². The molecule has 50 heavy (non-hydrogen) atoms. The third-order valence-electron chi connectivity index (χ3n) is 7.81. The standard InChI is InChI=1S/C39H69O10P/c1-3-5-7-9-11-12-13-14-15-16-17-18-19-20-21-22-23-24-25-27-29-31-39(43)49-37(33-41)35-47-50(44,45)46-34-36(32-40)48-38(42)30-28-26-10-8-6-4-2/h5,7,11-12,14-15,17-18,36-37,40-41H,3-4,6,8-10,13,16,19-35H2,1-2H3,(H,44,45)/b7-5-,12-11-,15-14-,18-17-. The van der Waals surface area contributed by atoms with Gasteiger partial charge >= 0.3 is 19.8 Å². The number of carbonyl (C=O) groups is 2. The smallest absolute Gasteiger partial charge is 0.457 e. The Kier molecular flexibility index (Phi) is 33.9. The summed E-state index contributed by atoms with van der Waals surface area (Å²) in [5, 5.41) is 19.0. The molecule has 290 valence electrons. The van der Waals surface area contributed by atoms with Gasteiger partial charge < -0.3 is 24.6 Å². The Morgan fingerprint density at radius 3 is 1.36 bits per heavy atom. The Morgan fingerprint density at radius 1 is 0.560 bits per heavy atom. The van der Waals surface area contributed by atoms with Gasteiger partial charge in [-0.05, 0) is 51.4 Å². The molecule has 0 saturated carbocycles. The largest absolute Gasteiger partial charge is 0.472 e. The summed E-state index contributed by atoms with van der Waals surface area (Å²) in [7, 11) is -4.62. The minimum Gasteiger partial charge on any atom is -0.457 e. The third kappa shape index (κ3) is 33.1. The Labute approximate surface area is 303 Å². The lowest BCUT2D eigenvalue weighted by Crippen LogP contribution is -2.28. The van der Waals surface area contributed by atoms with Crippen LogP contribution in [0.5, 0.6) is 0 Å². The molecule has 0 amide bonds. The van der Waals surface area contributed by atoms with Crippen molar-refractivity contribution in [3.8, 4) is 0 Å². The summed E-state index contributed by atoms with van der Waals surface area (Å²) < 4.78 is 32.3. The molecule has 0 saturated heterocycles. The summed E-state index contributed by atoms with van der Waals surface area (Å²) in [5.41, 5.74) is 0. The van der Waals surface area contributed by atoms with Crippen LogP contribution in [0.25, 0.3) is 0 Å². The van der Waals surface area contributed by atoms with Crippen molar-refractivity contribution in [2.45, 2.75) is 161 Å². The average molecular weight is 729 g/mol. The minimum absolute atomic E-state index is 0.181. The van der Waals surface area contributed by atoms with Gasteiger partial charge in [0, 0.05) is 12.8 Å². The maximum atomic E-state index is 12.3. The van der Waals surface area contributed by atoms with Gasteiger partial charge in [-0.2, -0.15) is 0 Å². The molecule has 3 atom stereocenters. The lowest BCUT2D eigenvalue weighted by molar-refractivity contribution is -0.153. The number of rotatable bonds is 35. The molecule has 11 heteroatoms. The zero-order valence-electron chi connectivity index (χ0n) is 31.1. The highest BCUT2D eigenvalue weighted by atomic mass is 31.2. The number of ether oxygens (including phenoxy) is 2. The predicted octanol–water partition coefficient (Wildman–Crippen LogP) is 9.38. The highest BCUT2D eigenvalue weighted by Crippen LogP contribution is 2.43. The van der Waals surface area contributed by atoms with Gasteiger partial charge in [-0.3, -0.25) is 18.6 Å². The number of allylic oxidation sites excluding steroid dienone is 8. The van der Waals surface area contributed by atoms with Gasteiger partial charge in [-0.25, -0.2) is 4.57 Å². The molecule has 0 bridgehead atoms. The number of unbranched alkanes of at least 4 members (excludes halogenated alkanes) is 13. The maximum absolute atomic E-state index is 12.3. The molecule has 0 radical (unpaired) electrons. The second-order valence-corrected chi connectivity index (χ2v) is 14.0. The number of esters is 2. The van der Waals surface area contributed by atoms with E-state index in [4.69, 9.17) is 18.5 Å². The Bertz CT molecular complexity index is 978. The van der Waals surface area contributed by atoms with Crippen LogP contribution in [-0.4, -0.2) is 65.7 Å². The second-order valence-electron chi connectivity index (χ2n) is 12.5. The number of hydrogen-bond acceptors (Lipinski definition) is 9. The van der Waals surface area contributed by atoms with E-state index in [0.29, 0.717) is 12.8 Å². The van der Waals surface area contributed by atoms with Crippen LogP contribution >= 0.6 is 7.82 Å². The Morgan fingerprint density at radius 2 is 0.940 bits per heavy atom. The van der Waals surface area contributed by atoms with Crippen molar-refractivity contribution >= 4 is 19.8 Å². The number of aliphatic hydroxyl groups is 2. The third-order valence-corrected chi connectivity index (χ3v) is 8.76. The summed E-state index contributed by atoms with van der Waals surface area (Å²) >= 11 is 0. The summed E-state index contributed by atoms with van der Waals surface area (Å²) in [6.07, 6.45) is 35.6. The lowest BCUT2D eigenvalue weighted by Gasteiger charge is -2.20. The van der Waals surface area contributed by atoms with Crippen LogP contribution in [0.4, 0.5) is 0 Å². The van der Waals surface area contributed by atoms with Crippen LogP contribution in [0.15, 0.2) is 48.6 Å². The van der Waals surface area contributed by atoms with Gasteiger partial charge in [0.1, 0.15) is 12.2 Å². The molecular formula is C39H69O10P. The van der Waals surface area contributed by atoms with E-state index in [1.165, 1.54) is 25.7 Å². The van der Waals surface area contributed by atoms with Crippen LogP contribution in [0.3, 0.4) is 0 Å². The highest BCUT2D eigenvalue weighted by Gasteiger charge is 2.27. The fourth-order valence-corrected chi connectivity index (χ4v) is 5.65. The fraction of sp³-hybridized carbons (Fsp3) is 0.744. The van der Waals surface area contributed by atoms with Crippen molar-refractivity contribution in [2.75, 3.05) is 26.4 Å². The average Bonchev–Trinajstić information content (AvgIpc) is 3.10. The number of phosphoric ester groups is 1. The van der Waals surface area contributed by atoms with Gasteiger partial charge in [0.05, 0.1) is 26.4 Å². The SMILES string of the molecule is CC/C=C\C/C=C\C/C=C\C/C=C\CCCCCCCCCCC(=O)OC(CO)COP(=O)(O)OCC(CO)OC(=O)CCCCCCCC. The monoisotopic (exact) mass is 728 g/mol. The molecule has 3 N–H and O–H groups in total. The molecule has 0 spiro atoms. The molecule has 0 rings (SSSR count). The molecule has 0 fully saturated rings. The molecule has 0 aromatic rings. The summed E-state index contributed by atoms with van der Waals surface area (Å²) in [6.45, 7) is 1.98. The lowest BCUT2D eigenvalue weighted by atomic mass is 10.1. The quantitative estimate of drug-likeness (QED) is 0.0249. The second kappa shape index (κ2) is 35.3. The number of aliphatic hydroxyl groups excluding tert-OH is 2. The molecule has 3 unspecified atom stereocenters. The zero-order valence-corrected chi connectivity index (χ0v) is 32.0. The first-order valence-electron chi connectivity index (χ1n) is 19.1. The zero-order chi connectivity index (χ0) is 37.0. The van der Waals surface area contributed by atoms with Crippen LogP contribution < -0.4 is 0 Å². The van der Waals surface area contributed by atoms with Crippen LogP contribution in [0.1, 0.15) is 149 Å². The van der Waals surface area contributed by atoms with Crippen molar-refractivity contribution in [1.29, 1.82) is 0 Å². The molecule has 0 aliphatic heterocycles. The van der Waals surface area contributed by atoms with Crippen LogP contribution in [-0.2, 0) is 32.7 Å². The predicted molar refractivity (Wildman–Crippen MR) is 201 cm³/mol. The van der Waals surface area contributed by atoms with Gasteiger partial charge in [0.15, 0.2) is 0 Å². The first kappa shape index (κ1) is 47.9. The minimum atomic E-state index is -4.62. The molecule has 0 aromatic carbocycles. The van der Waals surface area contributed by atoms with Crippen molar-refractivity contribution in [3.05, 3.63) is 48.6 Å². The van der Waals surface area contributed by atoms with Gasteiger partial charge in [-0.1, -0.05) is 133 Å². The van der Waals surface area contributed by atoms with E-state index in [9.17, 15) is 29.3 Å². The number of hydrogen-bond donors (Lipinski definition) is 3. The van der Waals surface area contributed by atoms with E-state index in [-0.39, 0.29) is 12.8 Å². The van der Waals surface area contributed by atoms with Gasteiger partial charge in [0.2, 0.25) is 0 Å². The molecule has 0 aliphatic carbocycles. The normalized spacial score (nSPS) is 14.6. The van der Waals surface area contributed by atoms with E-state index in [2.05, 4.69) is 62.5 Å². The van der Waals surface area contributed by atoms with Crippen molar-refractivity contribution in [2.24, 2.45) is 0 Å². The number of carbonyl (C=O) groups excluding carboxylic acids is 2. The number of phosphoric acid groups is 1. The van der Waals surface area contributed by atoms with Crippen molar-refractivity contribution in [1.82, 2.24) is 0 Å². The van der Waals surface area contributed by atoms with Gasteiger partial charge in [-0.15, -0.1) is 0 Å². The van der Waals surface area contributed by atoms with Crippen LogP contribution in [0.2, 0.25) is 0 Å². The topological polar surface area (TPSA) is 149 Å². The first-order valence-corrected chi connectivity index (χ1v) is 20.6.